The van der Waals surface area contributed by atoms with Gasteiger partial charge in [0, 0.05) is 12.1 Å². The lowest BCUT2D eigenvalue weighted by Crippen LogP contribution is -2.33. The van der Waals surface area contributed by atoms with E-state index in [0.717, 1.165) is 5.57 Å². The molecule has 0 aromatic heterocycles. The molecule has 4 nitrogen and oxygen atoms in total. The molecular weight excluding hydrogens is 170 g/mol. The molecule has 0 rings (SSSR count). The maximum Gasteiger partial charge on any atom is 0.305 e. The van der Waals surface area contributed by atoms with Crippen LogP contribution < -0.4 is 5.32 Å². The van der Waals surface area contributed by atoms with Crippen LogP contribution in [0.4, 0.5) is 0 Å². The maximum absolute atomic E-state index is 11.1. The van der Waals surface area contributed by atoms with E-state index in [2.05, 4.69) is 5.32 Å². The topological polar surface area (TPSA) is 66.4 Å². The minimum atomic E-state index is -0.912. The largest absolute Gasteiger partial charge is 0.481 e. The molecule has 0 aliphatic carbocycles. The zero-order valence-corrected chi connectivity index (χ0v) is 8.13. The number of amides is 1. The predicted molar refractivity (Wildman–Crippen MR) is 49.3 cm³/mol. The van der Waals surface area contributed by atoms with Crippen molar-refractivity contribution in [1.82, 2.24) is 5.32 Å². The van der Waals surface area contributed by atoms with Crippen LogP contribution in [0, 0.1) is 0 Å². The lowest BCUT2D eigenvalue weighted by Gasteiger charge is -2.09. The van der Waals surface area contributed by atoms with Crippen molar-refractivity contribution in [2.24, 2.45) is 0 Å². The van der Waals surface area contributed by atoms with Crippen LogP contribution >= 0.6 is 0 Å². The molecule has 0 heterocycles. The summed E-state index contributed by atoms with van der Waals surface area (Å²) in [5.41, 5.74) is 0.889. The number of hydrogen-bond donors (Lipinski definition) is 2. The zero-order chi connectivity index (χ0) is 10.4. The van der Waals surface area contributed by atoms with Gasteiger partial charge in [-0.3, -0.25) is 9.59 Å². The number of carboxylic acids is 1. The fraction of sp³-hybridized carbons (Fsp3) is 0.556. The quantitative estimate of drug-likeness (QED) is 0.640. The van der Waals surface area contributed by atoms with Gasteiger partial charge >= 0.3 is 5.97 Å². The van der Waals surface area contributed by atoms with Crippen LogP contribution in [0.3, 0.4) is 0 Å². The van der Waals surface area contributed by atoms with Gasteiger partial charge in [-0.05, 0) is 20.8 Å². The van der Waals surface area contributed by atoms with E-state index in [0.29, 0.717) is 0 Å². The van der Waals surface area contributed by atoms with Gasteiger partial charge in [-0.1, -0.05) is 5.57 Å². The lowest BCUT2D eigenvalue weighted by molar-refractivity contribution is -0.137. The van der Waals surface area contributed by atoms with E-state index in [1.807, 2.05) is 0 Å². The highest BCUT2D eigenvalue weighted by Crippen LogP contribution is 1.92. The van der Waals surface area contributed by atoms with Crippen LogP contribution in [0.5, 0.6) is 0 Å². The van der Waals surface area contributed by atoms with E-state index in [1.165, 1.54) is 6.08 Å². The number of rotatable bonds is 4. The first kappa shape index (κ1) is 11.7. The van der Waals surface area contributed by atoms with Crippen molar-refractivity contribution in [2.75, 3.05) is 0 Å². The first-order valence-corrected chi connectivity index (χ1v) is 4.09. The Morgan fingerprint density at radius 1 is 1.46 bits per heavy atom. The van der Waals surface area contributed by atoms with E-state index >= 15 is 0 Å². The second kappa shape index (κ2) is 5.35. The molecule has 1 amide bonds. The van der Waals surface area contributed by atoms with Gasteiger partial charge in [0.25, 0.3) is 0 Å². The molecule has 0 aliphatic rings. The number of carbonyl (C=O) groups is 2. The number of hydrogen-bond acceptors (Lipinski definition) is 2. The van der Waals surface area contributed by atoms with Gasteiger partial charge in [-0.2, -0.15) is 0 Å². The minimum Gasteiger partial charge on any atom is -0.481 e. The Morgan fingerprint density at radius 2 is 2.00 bits per heavy atom. The summed E-state index contributed by atoms with van der Waals surface area (Å²) >= 11 is 0. The summed E-state index contributed by atoms with van der Waals surface area (Å²) in [4.78, 5) is 21.3. The summed E-state index contributed by atoms with van der Waals surface area (Å²) in [5, 5.41) is 11.0. The highest BCUT2D eigenvalue weighted by atomic mass is 16.4. The second-order valence-corrected chi connectivity index (χ2v) is 3.23. The third-order valence-corrected chi connectivity index (χ3v) is 1.29. The highest BCUT2D eigenvalue weighted by molar-refractivity contribution is 5.88. The van der Waals surface area contributed by atoms with E-state index in [9.17, 15) is 9.59 Å². The molecular formula is C9H15NO3. The summed E-state index contributed by atoms with van der Waals surface area (Å²) in [6.45, 7) is 5.27. The van der Waals surface area contributed by atoms with Crippen molar-refractivity contribution in [1.29, 1.82) is 0 Å². The van der Waals surface area contributed by atoms with Gasteiger partial charge in [0.05, 0.1) is 6.42 Å². The molecule has 0 bridgehead atoms. The molecule has 0 spiro atoms. The van der Waals surface area contributed by atoms with Crippen LogP contribution in [0.15, 0.2) is 11.6 Å². The predicted octanol–water partition coefficient (Wildman–Crippen LogP) is 0.932. The molecule has 1 atom stereocenters. The van der Waals surface area contributed by atoms with Gasteiger partial charge in [0.1, 0.15) is 0 Å². The van der Waals surface area contributed by atoms with Crippen molar-refractivity contribution in [3.63, 3.8) is 0 Å². The average Bonchev–Trinajstić information content (AvgIpc) is 1.80. The van der Waals surface area contributed by atoms with E-state index in [1.54, 1.807) is 20.8 Å². The number of nitrogens with one attached hydrogen (secondary N) is 1. The fourth-order valence-electron chi connectivity index (χ4n) is 0.860. The third kappa shape index (κ3) is 7.05. The van der Waals surface area contributed by atoms with Crippen molar-refractivity contribution in [3.8, 4) is 0 Å². The Hall–Kier alpha value is -1.32. The molecule has 2 N–H and O–H groups in total. The van der Waals surface area contributed by atoms with Gasteiger partial charge in [-0.25, -0.2) is 0 Å². The first-order valence-electron chi connectivity index (χ1n) is 4.09. The van der Waals surface area contributed by atoms with Crippen molar-refractivity contribution in [2.45, 2.75) is 33.2 Å². The normalized spacial score (nSPS) is 11.6. The number of aliphatic carboxylic acids is 1. The van der Waals surface area contributed by atoms with Gasteiger partial charge in [0.2, 0.25) is 5.91 Å². The molecule has 0 radical (unpaired) electrons. The minimum absolute atomic E-state index is 0.0532. The Bertz CT molecular complexity index is 229. The van der Waals surface area contributed by atoms with E-state index in [4.69, 9.17) is 5.11 Å². The molecule has 0 saturated carbocycles. The molecule has 0 aliphatic heterocycles. The second-order valence-electron chi connectivity index (χ2n) is 3.23. The summed E-state index contributed by atoms with van der Waals surface area (Å²) in [6.07, 6.45) is 1.39. The molecule has 0 saturated heterocycles. The standard InChI is InChI=1S/C9H15NO3/c1-6(2)4-8(11)10-7(3)5-9(12)13/h4,7H,5H2,1-3H3,(H,10,11)(H,12,13). The van der Waals surface area contributed by atoms with Crippen LogP contribution in [0.25, 0.3) is 0 Å². The summed E-state index contributed by atoms with van der Waals surface area (Å²) in [6, 6.07) is -0.333. The fourth-order valence-corrected chi connectivity index (χ4v) is 0.860. The van der Waals surface area contributed by atoms with E-state index in [-0.39, 0.29) is 18.4 Å². The van der Waals surface area contributed by atoms with Crippen molar-refractivity contribution < 1.29 is 14.7 Å². The zero-order valence-electron chi connectivity index (χ0n) is 8.13. The Labute approximate surface area is 77.6 Å². The maximum atomic E-state index is 11.1. The monoisotopic (exact) mass is 185 g/mol. The molecule has 1 unspecified atom stereocenters. The highest BCUT2D eigenvalue weighted by Gasteiger charge is 2.08. The Kier molecular flexibility index (Phi) is 4.80. The first-order chi connectivity index (χ1) is 5.91. The molecule has 4 heteroatoms. The van der Waals surface area contributed by atoms with Crippen molar-refractivity contribution >= 4 is 11.9 Å². The summed E-state index contributed by atoms with van der Waals surface area (Å²) in [5.74, 6) is -1.15. The summed E-state index contributed by atoms with van der Waals surface area (Å²) < 4.78 is 0. The van der Waals surface area contributed by atoms with E-state index < -0.39 is 5.97 Å². The Morgan fingerprint density at radius 3 is 2.38 bits per heavy atom. The van der Waals surface area contributed by atoms with Gasteiger partial charge < -0.3 is 10.4 Å². The molecule has 0 aromatic carbocycles. The van der Waals surface area contributed by atoms with Crippen molar-refractivity contribution in [3.05, 3.63) is 11.6 Å². The lowest BCUT2D eigenvalue weighted by atomic mass is 10.2. The Balaban J connectivity index is 3.92. The van der Waals surface area contributed by atoms with Crippen LogP contribution in [-0.4, -0.2) is 23.0 Å². The number of carboxylic acid groups (broad SMARTS) is 1. The average molecular weight is 185 g/mol. The molecule has 0 aromatic rings. The van der Waals surface area contributed by atoms with Crippen LogP contribution in [0.2, 0.25) is 0 Å². The molecule has 0 fully saturated rings. The SMILES string of the molecule is CC(C)=CC(=O)NC(C)CC(=O)O. The van der Waals surface area contributed by atoms with Crippen LogP contribution in [0.1, 0.15) is 27.2 Å². The third-order valence-electron chi connectivity index (χ3n) is 1.29. The van der Waals surface area contributed by atoms with Crippen LogP contribution in [-0.2, 0) is 9.59 Å². The number of allylic oxidation sites excluding steroid dienone is 1. The summed E-state index contributed by atoms with van der Waals surface area (Å²) in [7, 11) is 0. The molecule has 13 heavy (non-hydrogen) atoms. The smallest absolute Gasteiger partial charge is 0.305 e. The van der Waals surface area contributed by atoms with Gasteiger partial charge in [0.15, 0.2) is 0 Å². The number of carbonyl (C=O) groups excluding carboxylic acids is 1. The van der Waals surface area contributed by atoms with Gasteiger partial charge in [-0.15, -0.1) is 0 Å². The molecule has 74 valence electrons.